The summed E-state index contributed by atoms with van der Waals surface area (Å²) in [5.41, 5.74) is 1.08. The van der Waals surface area contributed by atoms with Crippen molar-refractivity contribution in [1.82, 2.24) is 5.32 Å². The molecule has 1 N–H and O–H groups in total. The molecule has 3 saturated carbocycles. The van der Waals surface area contributed by atoms with Crippen LogP contribution in [0.3, 0.4) is 0 Å². The molecule has 0 aliphatic heterocycles. The van der Waals surface area contributed by atoms with E-state index in [1.807, 2.05) is 0 Å². The second-order valence-corrected chi connectivity index (χ2v) is 9.06. The smallest absolute Gasteiger partial charge is 0.0177 e. The Morgan fingerprint density at radius 3 is 2.15 bits per heavy atom. The van der Waals surface area contributed by atoms with Gasteiger partial charge in [-0.15, -0.1) is 0 Å². The van der Waals surface area contributed by atoms with Crippen molar-refractivity contribution in [2.45, 2.75) is 97.6 Å². The minimum atomic E-state index is 0.506. The maximum absolute atomic E-state index is 4.14. The molecule has 0 amide bonds. The molecule has 0 heterocycles. The van der Waals surface area contributed by atoms with Gasteiger partial charge in [0.1, 0.15) is 0 Å². The molecule has 1 nitrogen and oxygen atoms in total. The van der Waals surface area contributed by atoms with Gasteiger partial charge in [-0.2, -0.15) is 0 Å². The van der Waals surface area contributed by atoms with Crippen molar-refractivity contribution in [1.29, 1.82) is 0 Å². The van der Waals surface area contributed by atoms with Crippen LogP contribution in [0, 0.1) is 22.7 Å². The minimum absolute atomic E-state index is 0.506. The molecule has 3 rings (SSSR count). The van der Waals surface area contributed by atoms with Crippen molar-refractivity contribution in [3.05, 3.63) is 0 Å². The lowest BCUT2D eigenvalue weighted by Crippen LogP contribution is -2.54. The van der Waals surface area contributed by atoms with Crippen LogP contribution in [0.25, 0.3) is 0 Å². The van der Waals surface area contributed by atoms with E-state index in [0.717, 1.165) is 17.9 Å². The van der Waals surface area contributed by atoms with Gasteiger partial charge in [0.2, 0.25) is 0 Å². The molecule has 4 atom stereocenters. The van der Waals surface area contributed by atoms with Crippen molar-refractivity contribution in [2.75, 3.05) is 0 Å². The van der Waals surface area contributed by atoms with Crippen LogP contribution < -0.4 is 5.32 Å². The summed E-state index contributed by atoms with van der Waals surface area (Å²) >= 11 is 0. The fourth-order valence-corrected chi connectivity index (χ4v) is 5.93. The molecule has 0 aromatic carbocycles. The zero-order valence-electron chi connectivity index (χ0n) is 14.2. The van der Waals surface area contributed by atoms with Crippen molar-refractivity contribution >= 4 is 0 Å². The highest BCUT2D eigenvalue weighted by atomic mass is 15.0. The number of hydrogen-bond acceptors (Lipinski definition) is 1. The lowest BCUT2D eigenvalue weighted by atomic mass is 9.68. The molecule has 1 unspecified atom stereocenters. The Labute approximate surface area is 126 Å². The van der Waals surface area contributed by atoms with Crippen LogP contribution in [0.5, 0.6) is 0 Å². The summed E-state index contributed by atoms with van der Waals surface area (Å²) in [5, 5.41) is 4.14. The Kier molecular flexibility index (Phi) is 3.95. The van der Waals surface area contributed by atoms with Gasteiger partial charge in [0.05, 0.1) is 0 Å². The maximum Gasteiger partial charge on any atom is 0.0177 e. The van der Waals surface area contributed by atoms with Gasteiger partial charge in [0.25, 0.3) is 0 Å². The van der Waals surface area contributed by atoms with Gasteiger partial charge in [-0.25, -0.2) is 0 Å². The third-order valence-corrected chi connectivity index (χ3v) is 7.31. The Balaban J connectivity index is 1.67. The third kappa shape index (κ3) is 2.45. The Bertz CT molecular complexity index is 335. The summed E-state index contributed by atoms with van der Waals surface area (Å²) in [5.74, 6) is 1.89. The van der Waals surface area contributed by atoms with E-state index in [0.29, 0.717) is 16.9 Å². The normalized spacial score (nSPS) is 42.6. The lowest BCUT2D eigenvalue weighted by Gasteiger charge is -2.45. The number of nitrogens with one attached hydrogen (secondary N) is 1. The Morgan fingerprint density at radius 2 is 1.60 bits per heavy atom. The molecule has 2 bridgehead atoms. The van der Waals surface area contributed by atoms with Crippen LogP contribution in [-0.4, -0.2) is 12.1 Å². The molecular weight excluding hydrogens is 242 g/mol. The molecule has 116 valence electrons. The third-order valence-electron chi connectivity index (χ3n) is 7.31. The van der Waals surface area contributed by atoms with Crippen LogP contribution in [0.15, 0.2) is 0 Å². The molecule has 0 aromatic heterocycles. The molecule has 3 fully saturated rings. The van der Waals surface area contributed by atoms with Crippen LogP contribution >= 0.6 is 0 Å². The summed E-state index contributed by atoms with van der Waals surface area (Å²) in [6.07, 6.45) is 13.2. The highest BCUT2D eigenvalue weighted by Crippen LogP contribution is 2.62. The average Bonchev–Trinajstić information content (AvgIpc) is 2.71. The fourth-order valence-electron chi connectivity index (χ4n) is 5.93. The predicted molar refractivity (Wildman–Crippen MR) is 86.8 cm³/mol. The summed E-state index contributed by atoms with van der Waals surface area (Å²) in [6.45, 7) is 10.1. The Hall–Kier alpha value is -0.0400. The average molecular weight is 277 g/mol. The molecule has 20 heavy (non-hydrogen) atoms. The van der Waals surface area contributed by atoms with E-state index in [4.69, 9.17) is 0 Å². The molecular formula is C19H35N. The largest absolute Gasteiger partial charge is 0.310 e. The van der Waals surface area contributed by atoms with Crippen molar-refractivity contribution in [2.24, 2.45) is 22.7 Å². The van der Waals surface area contributed by atoms with E-state index in [1.54, 1.807) is 0 Å². The second-order valence-electron chi connectivity index (χ2n) is 9.06. The first-order valence-electron chi connectivity index (χ1n) is 9.19. The van der Waals surface area contributed by atoms with Gasteiger partial charge < -0.3 is 5.32 Å². The van der Waals surface area contributed by atoms with E-state index in [2.05, 4.69) is 33.0 Å². The molecule has 3 aliphatic rings. The fraction of sp³-hybridized carbons (Fsp3) is 1.00. The van der Waals surface area contributed by atoms with Gasteiger partial charge in [0.15, 0.2) is 0 Å². The monoisotopic (exact) mass is 277 g/mol. The molecule has 0 spiro atoms. The first-order valence-corrected chi connectivity index (χ1v) is 9.19. The lowest BCUT2D eigenvalue weighted by molar-refractivity contribution is 0.0902. The zero-order chi connectivity index (χ0) is 14.4. The van der Waals surface area contributed by atoms with Gasteiger partial charge in [-0.3, -0.25) is 0 Å². The highest BCUT2D eigenvalue weighted by Gasteiger charge is 2.59. The van der Waals surface area contributed by atoms with Gasteiger partial charge in [0, 0.05) is 12.1 Å². The van der Waals surface area contributed by atoms with E-state index in [9.17, 15) is 0 Å². The van der Waals surface area contributed by atoms with Crippen LogP contribution in [-0.2, 0) is 0 Å². The SMILES string of the molecule is C[C@H](NC1C(C)(C)[C@H]2CC[C@]1(C)C2)C1CCCCCC1. The van der Waals surface area contributed by atoms with E-state index in [-0.39, 0.29) is 0 Å². The van der Waals surface area contributed by atoms with Crippen LogP contribution in [0.1, 0.15) is 85.5 Å². The second kappa shape index (κ2) is 5.30. The zero-order valence-corrected chi connectivity index (χ0v) is 14.2. The topological polar surface area (TPSA) is 12.0 Å². The molecule has 3 aliphatic carbocycles. The highest BCUT2D eigenvalue weighted by molar-refractivity contribution is 5.12. The van der Waals surface area contributed by atoms with E-state index < -0.39 is 0 Å². The molecule has 0 radical (unpaired) electrons. The molecule has 1 heteroatoms. The first kappa shape index (κ1) is 14.9. The summed E-state index contributed by atoms with van der Waals surface area (Å²) < 4.78 is 0. The van der Waals surface area contributed by atoms with Crippen molar-refractivity contribution < 1.29 is 0 Å². The maximum atomic E-state index is 4.14. The van der Waals surface area contributed by atoms with Crippen molar-refractivity contribution in [3.63, 3.8) is 0 Å². The van der Waals surface area contributed by atoms with E-state index >= 15 is 0 Å². The van der Waals surface area contributed by atoms with Crippen LogP contribution in [0.4, 0.5) is 0 Å². The molecule has 0 saturated heterocycles. The standard InChI is InChI=1S/C19H35N/c1-14(15-9-7-5-6-8-10-15)20-17-18(2,3)16-11-12-19(17,4)13-16/h14-17,20H,5-13H2,1-4H3/t14-,16-,17?,19+/m0/s1. The first-order chi connectivity index (χ1) is 9.43. The van der Waals surface area contributed by atoms with Gasteiger partial charge in [-0.05, 0) is 61.7 Å². The summed E-state index contributed by atoms with van der Waals surface area (Å²) in [6, 6.07) is 1.46. The molecule has 0 aromatic rings. The quantitative estimate of drug-likeness (QED) is 0.703. The van der Waals surface area contributed by atoms with E-state index in [1.165, 1.54) is 57.8 Å². The summed E-state index contributed by atoms with van der Waals surface area (Å²) in [7, 11) is 0. The number of fused-ring (bicyclic) bond motifs is 2. The summed E-state index contributed by atoms with van der Waals surface area (Å²) in [4.78, 5) is 0. The predicted octanol–water partition coefficient (Wildman–Crippen LogP) is 5.15. The van der Waals surface area contributed by atoms with Crippen molar-refractivity contribution in [3.8, 4) is 0 Å². The van der Waals surface area contributed by atoms with Gasteiger partial charge >= 0.3 is 0 Å². The minimum Gasteiger partial charge on any atom is -0.310 e. The number of rotatable bonds is 3. The Morgan fingerprint density at radius 1 is 0.950 bits per heavy atom. The number of hydrogen-bond donors (Lipinski definition) is 1. The van der Waals surface area contributed by atoms with Gasteiger partial charge in [-0.1, -0.05) is 46.5 Å². The van der Waals surface area contributed by atoms with Crippen LogP contribution in [0.2, 0.25) is 0 Å².